The van der Waals surface area contributed by atoms with Crippen molar-refractivity contribution in [3.63, 3.8) is 0 Å². The molecule has 2 aromatic heterocycles. The van der Waals surface area contributed by atoms with E-state index in [1.165, 1.54) is 6.07 Å². The van der Waals surface area contributed by atoms with E-state index in [0.29, 0.717) is 30.2 Å². The van der Waals surface area contributed by atoms with Gasteiger partial charge < -0.3 is 10.2 Å². The third-order valence-electron chi connectivity index (χ3n) is 4.95. The lowest BCUT2D eigenvalue weighted by atomic mass is 10.2. The molecule has 6 nitrogen and oxygen atoms in total. The molecular weight excluding hydrogens is 369 g/mol. The molecule has 1 saturated heterocycles. The van der Waals surface area contributed by atoms with Gasteiger partial charge in [0.15, 0.2) is 0 Å². The Kier molecular flexibility index (Phi) is 5.76. The summed E-state index contributed by atoms with van der Waals surface area (Å²) >= 11 is 0. The number of hydrogen-bond acceptors (Lipinski definition) is 5. The Balaban J connectivity index is 1.42. The topological polar surface area (TPSA) is 61.4 Å². The molecule has 7 heteroatoms. The van der Waals surface area contributed by atoms with Crippen LogP contribution in [0.2, 0.25) is 0 Å². The van der Waals surface area contributed by atoms with Crippen molar-refractivity contribution in [2.45, 2.75) is 6.54 Å². The number of rotatable bonds is 5. The van der Waals surface area contributed by atoms with E-state index in [1.54, 1.807) is 42.7 Å². The van der Waals surface area contributed by atoms with Crippen molar-refractivity contribution >= 4 is 17.4 Å². The van der Waals surface area contributed by atoms with Gasteiger partial charge in [0.25, 0.3) is 5.91 Å². The predicted molar refractivity (Wildman–Crippen MR) is 109 cm³/mol. The minimum absolute atomic E-state index is 0.0991. The molecule has 29 heavy (non-hydrogen) atoms. The molecule has 0 radical (unpaired) electrons. The zero-order valence-electron chi connectivity index (χ0n) is 16.0. The van der Waals surface area contributed by atoms with Crippen LogP contribution in [-0.4, -0.2) is 51.9 Å². The molecular formula is C22H22FN5O. The van der Waals surface area contributed by atoms with E-state index in [-0.39, 0.29) is 11.7 Å². The fourth-order valence-electron chi connectivity index (χ4n) is 3.40. The fraction of sp³-hybridized carbons (Fsp3) is 0.227. The maximum Gasteiger partial charge on any atom is 0.257 e. The first-order chi connectivity index (χ1) is 14.2. The molecule has 1 aliphatic heterocycles. The van der Waals surface area contributed by atoms with Crippen molar-refractivity contribution in [2.24, 2.45) is 0 Å². The second-order valence-electron chi connectivity index (χ2n) is 6.93. The Hall–Kier alpha value is -3.32. The summed E-state index contributed by atoms with van der Waals surface area (Å²) in [6, 6.07) is 13.8. The second-order valence-corrected chi connectivity index (χ2v) is 6.93. The maximum atomic E-state index is 14.0. The first-order valence-corrected chi connectivity index (χ1v) is 9.58. The van der Waals surface area contributed by atoms with Gasteiger partial charge in [-0.2, -0.15) is 0 Å². The van der Waals surface area contributed by atoms with Crippen molar-refractivity contribution in [3.05, 3.63) is 84.1 Å². The van der Waals surface area contributed by atoms with Crippen LogP contribution < -0.4 is 5.32 Å². The molecule has 0 aliphatic carbocycles. The number of amides is 1. The molecule has 1 aliphatic rings. The zero-order valence-corrected chi connectivity index (χ0v) is 16.0. The lowest BCUT2D eigenvalue weighted by Crippen LogP contribution is -2.48. The number of carbonyl (C=O) groups is 1. The van der Waals surface area contributed by atoms with E-state index in [0.717, 1.165) is 25.2 Å². The van der Waals surface area contributed by atoms with Crippen molar-refractivity contribution in [1.29, 1.82) is 0 Å². The summed E-state index contributed by atoms with van der Waals surface area (Å²) in [6.07, 6.45) is 5.22. The van der Waals surface area contributed by atoms with Crippen LogP contribution in [0.25, 0.3) is 0 Å². The first kappa shape index (κ1) is 19.0. The highest BCUT2D eigenvalue weighted by Gasteiger charge is 2.24. The van der Waals surface area contributed by atoms with Crippen LogP contribution in [0.3, 0.4) is 0 Å². The summed E-state index contributed by atoms with van der Waals surface area (Å²) in [5.74, 6) is -0.126. The van der Waals surface area contributed by atoms with Crippen LogP contribution >= 0.6 is 0 Å². The lowest BCUT2D eigenvalue weighted by Gasteiger charge is -2.35. The molecule has 3 heterocycles. The number of para-hydroxylation sites is 1. The van der Waals surface area contributed by atoms with E-state index in [9.17, 15) is 9.18 Å². The lowest BCUT2D eigenvalue weighted by molar-refractivity contribution is 0.0629. The average molecular weight is 391 g/mol. The van der Waals surface area contributed by atoms with Crippen LogP contribution in [0, 0.1) is 5.82 Å². The number of pyridine rings is 2. The van der Waals surface area contributed by atoms with Gasteiger partial charge in [0.05, 0.1) is 11.3 Å². The zero-order chi connectivity index (χ0) is 20.1. The molecule has 0 spiro atoms. The Morgan fingerprint density at radius 3 is 2.55 bits per heavy atom. The number of anilines is 2. The van der Waals surface area contributed by atoms with E-state index >= 15 is 0 Å². The van der Waals surface area contributed by atoms with Crippen molar-refractivity contribution < 1.29 is 9.18 Å². The summed E-state index contributed by atoms with van der Waals surface area (Å²) in [7, 11) is 0. The monoisotopic (exact) mass is 391 g/mol. The number of nitrogens with zero attached hydrogens (tertiary/aromatic N) is 4. The molecule has 1 fully saturated rings. The molecule has 1 N–H and O–H groups in total. The molecule has 3 aromatic rings. The number of hydrogen-bond donors (Lipinski definition) is 1. The third-order valence-corrected chi connectivity index (χ3v) is 4.95. The Labute approximate surface area is 169 Å². The third kappa shape index (κ3) is 4.57. The van der Waals surface area contributed by atoms with Gasteiger partial charge in [0, 0.05) is 51.3 Å². The molecule has 0 bridgehead atoms. The average Bonchev–Trinajstić information content (AvgIpc) is 2.77. The number of aromatic nitrogens is 2. The summed E-state index contributed by atoms with van der Waals surface area (Å²) in [5, 5.41) is 2.95. The van der Waals surface area contributed by atoms with E-state index in [1.807, 2.05) is 17.2 Å². The summed E-state index contributed by atoms with van der Waals surface area (Å²) in [5.41, 5.74) is 1.90. The summed E-state index contributed by atoms with van der Waals surface area (Å²) in [6.45, 7) is 3.66. The normalized spacial score (nSPS) is 14.6. The summed E-state index contributed by atoms with van der Waals surface area (Å²) in [4.78, 5) is 25.6. The molecule has 1 amide bonds. The van der Waals surface area contributed by atoms with Crippen molar-refractivity contribution in [3.8, 4) is 0 Å². The van der Waals surface area contributed by atoms with Crippen molar-refractivity contribution in [2.75, 3.05) is 31.5 Å². The Morgan fingerprint density at radius 2 is 1.79 bits per heavy atom. The number of halogens is 1. The maximum absolute atomic E-state index is 14.0. The van der Waals surface area contributed by atoms with E-state index in [4.69, 9.17) is 0 Å². The largest absolute Gasteiger partial charge is 0.337 e. The number of nitrogens with one attached hydrogen (secondary N) is 1. The van der Waals surface area contributed by atoms with Gasteiger partial charge in [-0.3, -0.25) is 14.7 Å². The van der Waals surface area contributed by atoms with E-state index in [2.05, 4.69) is 26.3 Å². The Bertz CT molecular complexity index is 974. The smallest absolute Gasteiger partial charge is 0.257 e. The summed E-state index contributed by atoms with van der Waals surface area (Å²) < 4.78 is 14.0. The van der Waals surface area contributed by atoms with Gasteiger partial charge in [-0.15, -0.1) is 0 Å². The van der Waals surface area contributed by atoms with Crippen LogP contribution in [0.5, 0.6) is 0 Å². The minimum atomic E-state index is -0.388. The van der Waals surface area contributed by atoms with Gasteiger partial charge in [-0.1, -0.05) is 18.2 Å². The van der Waals surface area contributed by atoms with Gasteiger partial charge in [-0.05, 0) is 35.9 Å². The number of carbonyl (C=O) groups excluding carboxylic acids is 1. The molecule has 0 atom stereocenters. The second kappa shape index (κ2) is 8.79. The predicted octanol–water partition coefficient (Wildman–Crippen LogP) is 3.32. The standard InChI is InChI=1S/C22H22FN5O/c23-19-7-1-2-8-20(19)26-21-18(6-4-10-25-21)22(29)28-13-11-27(12-14-28)16-17-5-3-9-24-15-17/h1-10,15H,11-14,16H2,(H,25,26). The van der Waals surface area contributed by atoms with Gasteiger partial charge in [0.2, 0.25) is 0 Å². The van der Waals surface area contributed by atoms with Gasteiger partial charge in [0.1, 0.15) is 11.6 Å². The SMILES string of the molecule is O=C(c1cccnc1Nc1ccccc1F)N1CCN(Cc2cccnc2)CC1. The molecule has 0 saturated carbocycles. The van der Waals surface area contributed by atoms with Crippen LogP contribution in [0.4, 0.5) is 15.9 Å². The first-order valence-electron chi connectivity index (χ1n) is 9.58. The van der Waals surface area contributed by atoms with Crippen molar-refractivity contribution in [1.82, 2.24) is 19.8 Å². The van der Waals surface area contributed by atoms with Crippen LogP contribution in [0.1, 0.15) is 15.9 Å². The molecule has 4 rings (SSSR count). The molecule has 148 valence electrons. The van der Waals surface area contributed by atoms with Crippen LogP contribution in [0.15, 0.2) is 67.1 Å². The minimum Gasteiger partial charge on any atom is -0.337 e. The highest BCUT2D eigenvalue weighted by molar-refractivity contribution is 5.99. The van der Waals surface area contributed by atoms with E-state index < -0.39 is 0 Å². The fourth-order valence-corrected chi connectivity index (χ4v) is 3.40. The molecule has 1 aromatic carbocycles. The van der Waals surface area contributed by atoms with Crippen LogP contribution in [-0.2, 0) is 6.54 Å². The molecule has 0 unspecified atom stereocenters. The highest BCUT2D eigenvalue weighted by Crippen LogP contribution is 2.22. The highest BCUT2D eigenvalue weighted by atomic mass is 19.1. The number of benzene rings is 1. The van der Waals surface area contributed by atoms with Gasteiger partial charge >= 0.3 is 0 Å². The Morgan fingerprint density at radius 1 is 1.00 bits per heavy atom. The van der Waals surface area contributed by atoms with Gasteiger partial charge in [-0.25, -0.2) is 9.37 Å². The number of piperazine rings is 1. The quantitative estimate of drug-likeness (QED) is 0.723.